The summed E-state index contributed by atoms with van der Waals surface area (Å²) in [6.07, 6.45) is 0. The third kappa shape index (κ3) is 4.50. The van der Waals surface area contributed by atoms with Gasteiger partial charge in [0, 0.05) is 53.7 Å². The van der Waals surface area contributed by atoms with E-state index in [0.717, 1.165) is 0 Å². The highest BCUT2D eigenvalue weighted by atomic mass is 32.2. The molecule has 4 heterocycles. The summed E-state index contributed by atoms with van der Waals surface area (Å²) in [6, 6.07) is 73.2. The van der Waals surface area contributed by atoms with E-state index in [0.29, 0.717) is 0 Å². The molecular weight excluding hydrogens is 762 g/mol. The lowest BCUT2D eigenvalue weighted by Gasteiger charge is -2.41. The van der Waals surface area contributed by atoms with Crippen molar-refractivity contribution in [3.63, 3.8) is 0 Å². The fraction of sp³-hybridized carbons (Fsp3) is 0. The van der Waals surface area contributed by atoms with Gasteiger partial charge in [0.15, 0.2) is 0 Å². The standard InChI is InChI=1S/C54H32B2N2S2/c1-3-15-33(16-4-1)57-45-23-13-27-51-53(45)55(41-21-9-11-25-49(41)59-51)43-29-37-35-19-7-8-20-36(35)38-30-44-48(32-40(38)39(37)31-47(43)57)58(34-17-5-2-6-18-34)46-24-14-28-52-54(46)56(44)42-22-10-12-26-50(42)60-52/h1-32H. The number of hydrogen-bond donors (Lipinski definition) is 0. The summed E-state index contributed by atoms with van der Waals surface area (Å²) in [5, 5.41) is 7.73. The molecular formula is C54H32B2N2S2. The van der Waals surface area contributed by atoms with Crippen molar-refractivity contribution in [2.24, 2.45) is 0 Å². The van der Waals surface area contributed by atoms with Gasteiger partial charge in [-0.1, -0.05) is 156 Å². The molecule has 276 valence electrons. The maximum absolute atomic E-state index is 2.56. The molecule has 0 bridgehead atoms. The van der Waals surface area contributed by atoms with Crippen molar-refractivity contribution in [2.75, 3.05) is 9.80 Å². The maximum Gasteiger partial charge on any atom is 0.249 e. The number of anilines is 6. The number of hydrogen-bond acceptors (Lipinski definition) is 4. The van der Waals surface area contributed by atoms with Gasteiger partial charge in [-0.25, -0.2) is 0 Å². The van der Waals surface area contributed by atoms with Gasteiger partial charge in [-0.2, -0.15) is 0 Å². The first kappa shape index (κ1) is 33.3. The molecule has 0 radical (unpaired) electrons. The van der Waals surface area contributed by atoms with Gasteiger partial charge < -0.3 is 9.80 Å². The summed E-state index contributed by atoms with van der Waals surface area (Å²) in [5.74, 6) is 0. The van der Waals surface area contributed by atoms with Gasteiger partial charge in [-0.3, -0.25) is 0 Å². The number of para-hydroxylation sites is 2. The van der Waals surface area contributed by atoms with Crippen LogP contribution in [0.1, 0.15) is 0 Å². The zero-order chi connectivity index (χ0) is 39.1. The molecule has 10 aromatic carbocycles. The van der Waals surface area contributed by atoms with Crippen molar-refractivity contribution in [3.8, 4) is 0 Å². The highest BCUT2D eigenvalue weighted by Gasteiger charge is 2.43. The summed E-state index contributed by atoms with van der Waals surface area (Å²) in [5.41, 5.74) is 15.6. The Hall–Kier alpha value is -6.59. The van der Waals surface area contributed by atoms with Crippen LogP contribution >= 0.6 is 23.5 Å². The van der Waals surface area contributed by atoms with Crippen molar-refractivity contribution >= 4 is 136 Å². The largest absolute Gasteiger partial charge is 0.311 e. The molecule has 0 fully saturated rings. The van der Waals surface area contributed by atoms with Crippen LogP contribution in [0.5, 0.6) is 0 Å². The number of rotatable bonds is 2. The van der Waals surface area contributed by atoms with Crippen molar-refractivity contribution < 1.29 is 0 Å². The second-order valence-electron chi connectivity index (χ2n) is 16.3. The number of benzene rings is 10. The first-order chi connectivity index (χ1) is 29.8. The van der Waals surface area contributed by atoms with Crippen molar-refractivity contribution in [1.29, 1.82) is 0 Å². The average molecular weight is 795 g/mol. The smallest absolute Gasteiger partial charge is 0.249 e. The highest BCUT2D eigenvalue weighted by molar-refractivity contribution is 8.00. The minimum Gasteiger partial charge on any atom is -0.311 e. The van der Waals surface area contributed by atoms with E-state index in [9.17, 15) is 0 Å². The minimum atomic E-state index is 0.120. The zero-order valence-corrected chi connectivity index (χ0v) is 34.0. The van der Waals surface area contributed by atoms with Crippen LogP contribution in [-0.4, -0.2) is 13.4 Å². The Balaban J connectivity index is 1.13. The molecule has 6 heteroatoms. The van der Waals surface area contributed by atoms with Gasteiger partial charge in [-0.05, 0) is 127 Å². The first-order valence-electron chi connectivity index (χ1n) is 20.7. The van der Waals surface area contributed by atoms with E-state index in [4.69, 9.17) is 0 Å². The van der Waals surface area contributed by atoms with E-state index < -0.39 is 0 Å². The van der Waals surface area contributed by atoms with E-state index in [-0.39, 0.29) is 13.4 Å². The molecule has 0 unspecified atom stereocenters. The van der Waals surface area contributed by atoms with Gasteiger partial charge in [0.05, 0.1) is 0 Å². The van der Waals surface area contributed by atoms with Crippen molar-refractivity contribution in [2.45, 2.75) is 19.6 Å². The van der Waals surface area contributed by atoms with Gasteiger partial charge in [0.2, 0.25) is 13.4 Å². The van der Waals surface area contributed by atoms with Crippen LogP contribution in [0.25, 0.3) is 32.3 Å². The molecule has 10 aromatic rings. The Bertz CT molecular complexity index is 3250. The third-order valence-electron chi connectivity index (χ3n) is 13.3. The Labute approximate surface area is 357 Å². The maximum atomic E-state index is 2.56. The molecule has 0 saturated carbocycles. The van der Waals surface area contributed by atoms with Crippen LogP contribution in [-0.2, 0) is 0 Å². The van der Waals surface area contributed by atoms with E-state index in [1.54, 1.807) is 0 Å². The lowest BCUT2D eigenvalue weighted by atomic mass is 9.34. The van der Waals surface area contributed by atoms with Crippen LogP contribution < -0.4 is 42.6 Å². The summed E-state index contributed by atoms with van der Waals surface area (Å²) < 4.78 is 0. The first-order valence-corrected chi connectivity index (χ1v) is 22.4. The van der Waals surface area contributed by atoms with Gasteiger partial charge in [0.1, 0.15) is 0 Å². The molecule has 4 aliphatic heterocycles. The lowest BCUT2D eigenvalue weighted by Crippen LogP contribution is -2.59. The predicted molar refractivity (Wildman–Crippen MR) is 259 cm³/mol. The van der Waals surface area contributed by atoms with Crippen molar-refractivity contribution in [1.82, 2.24) is 0 Å². The quantitative estimate of drug-likeness (QED) is 0.127. The van der Waals surface area contributed by atoms with Gasteiger partial charge >= 0.3 is 0 Å². The SMILES string of the molecule is c1ccc(N2c3cc4c(cc3B3c5ccccc5Sc5cccc2c53)c2ccccc2c2cc3c(cc24)N(c2ccccc2)c2cccc4c2B3c2ccccc2S4)cc1. The molecule has 0 saturated heterocycles. The second kappa shape index (κ2) is 12.5. The third-order valence-corrected chi connectivity index (χ3v) is 15.6. The lowest BCUT2D eigenvalue weighted by molar-refractivity contribution is 1.27. The Kier molecular flexibility index (Phi) is 6.91. The normalized spacial score (nSPS) is 14.1. The monoisotopic (exact) mass is 794 g/mol. The summed E-state index contributed by atoms with van der Waals surface area (Å²) in [6.45, 7) is 0.240. The van der Waals surface area contributed by atoms with E-state index >= 15 is 0 Å². The van der Waals surface area contributed by atoms with Crippen LogP contribution in [0.4, 0.5) is 34.1 Å². The Morgan fingerprint density at radius 3 is 1.13 bits per heavy atom. The van der Waals surface area contributed by atoms with Gasteiger partial charge in [0.25, 0.3) is 0 Å². The Morgan fingerprint density at radius 2 is 0.667 bits per heavy atom. The topological polar surface area (TPSA) is 6.48 Å². The molecule has 0 aliphatic carbocycles. The minimum absolute atomic E-state index is 0.120. The number of nitrogens with zero attached hydrogens (tertiary/aromatic N) is 2. The molecule has 0 atom stereocenters. The average Bonchev–Trinajstić information content (AvgIpc) is 3.31. The number of fused-ring (bicyclic) bond motifs is 14. The van der Waals surface area contributed by atoms with Crippen LogP contribution in [0.2, 0.25) is 0 Å². The molecule has 14 rings (SSSR count). The Morgan fingerprint density at radius 1 is 0.283 bits per heavy atom. The summed E-state index contributed by atoms with van der Waals surface area (Å²) >= 11 is 3.81. The molecule has 60 heavy (non-hydrogen) atoms. The predicted octanol–water partition coefficient (Wildman–Crippen LogP) is 10.7. The van der Waals surface area contributed by atoms with E-state index in [1.807, 2.05) is 23.5 Å². The van der Waals surface area contributed by atoms with Crippen molar-refractivity contribution in [3.05, 3.63) is 194 Å². The van der Waals surface area contributed by atoms with E-state index in [2.05, 4.69) is 204 Å². The fourth-order valence-electron chi connectivity index (χ4n) is 10.9. The van der Waals surface area contributed by atoms with Crippen LogP contribution in [0.15, 0.2) is 214 Å². The molecule has 2 nitrogen and oxygen atoms in total. The van der Waals surface area contributed by atoms with E-state index in [1.165, 1.54) is 119 Å². The fourth-order valence-corrected chi connectivity index (χ4v) is 13.2. The molecule has 0 amide bonds. The van der Waals surface area contributed by atoms with Crippen LogP contribution in [0, 0.1) is 0 Å². The second-order valence-corrected chi connectivity index (χ2v) is 18.5. The highest BCUT2D eigenvalue weighted by Crippen LogP contribution is 2.47. The molecule has 0 aromatic heterocycles. The summed E-state index contributed by atoms with van der Waals surface area (Å²) in [7, 11) is 0. The zero-order valence-electron chi connectivity index (χ0n) is 32.3. The molecule has 4 aliphatic rings. The summed E-state index contributed by atoms with van der Waals surface area (Å²) in [4.78, 5) is 10.4. The van der Waals surface area contributed by atoms with Gasteiger partial charge in [-0.15, -0.1) is 0 Å². The molecule has 0 N–H and O–H groups in total. The molecule has 0 spiro atoms. The van der Waals surface area contributed by atoms with Crippen LogP contribution in [0.3, 0.4) is 0 Å².